The van der Waals surface area contributed by atoms with Crippen LogP contribution in [0.2, 0.25) is 0 Å². The monoisotopic (exact) mass is 307 g/mol. The van der Waals surface area contributed by atoms with E-state index in [9.17, 15) is 18.4 Å². The van der Waals surface area contributed by atoms with Gasteiger partial charge in [-0.1, -0.05) is 13.8 Å². The summed E-state index contributed by atoms with van der Waals surface area (Å²) in [7, 11) is 0. The predicted octanol–water partition coefficient (Wildman–Crippen LogP) is 4.02. The maximum absolute atomic E-state index is 12.8. The Morgan fingerprint density at radius 2 is 2.09 bits per heavy atom. The number of nitrogens with zero attached hydrogens (tertiary/aromatic N) is 3. The molecule has 0 radical (unpaired) electrons. The van der Waals surface area contributed by atoms with Crippen molar-refractivity contribution in [3.63, 3.8) is 0 Å². The second-order valence-electron chi connectivity index (χ2n) is 6.23. The summed E-state index contributed by atoms with van der Waals surface area (Å²) in [4.78, 5) is 3.99. The number of hydrogen-bond acceptors (Lipinski definition) is 2. The van der Waals surface area contributed by atoms with Crippen LogP contribution < -0.4 is 0 Å². The van der Waals surface area contributed by atoms with E-state index in [1.165, 1.54) is 0 Å². The second kappa shape index (κ2) is 5.01. The Bertz CT molecular complexity index is 752. The minimum absolute atomic E-state index is 0.132. The second-order valence-corrected chi connectivity index (χ2v) is 6.23. The fraction of sp³-hybridized carbons (Fsp3) is 0.500. The topological polar surface area (TPSA) is 41.6 Å². The van der Waals surface area contributed by atoms with E-state index in [4.69, 9.17) is 0 Å². The highest BCUT2D eigenvalue weighted by Gasteiger charge is 2.34. The van der Waals surface area contributed by atoms with Crippen molar-refractivity contribution in [2.24, 2.45) is 17.8 Å². The lowest BCUT2D eigenvalue weighted by molar-refractivity contribution is -0.137. The molecule has 22 heavy (non-hydrogen) atoms. The molecule has 0 amide bonds. The minimum atomic E-state index is -4.39. The van der Waals surface area contributed by atoms with Crippen molar-refractivity contribution in [3.05, 3.63) is 29.6 Å². The van der Waals surface area contributed by atoms with Gasteiger partial charge in [0, 0.05) is 23.8 Å². The highest BCUT2D eigenvalue weighted by Crippen LogP contribution is 2.36. The summed E-state index contributed by atoms with van der Waals surface area (Å²) in [5.74, 6) is 0.450. The number of alkyl halides is 3. The van der Waals surface area contributed by atoms with Gasteiger partial charge in [-0.15, -0.1) is 0 Å². The van der Waals surface area contributed by atoms with E-state index in [1.807, 2.05) is 4.57 Å². The zero-order valence-corrected chi connectivity index (χ0v) is 12.4. The first kappa shape index (κ1) is 14.9. The van der Waals surface area contributed by atoms with Crippen LogP contribution in [0.3, 0.4) is 0 Å². The summed E-state index contributed by atoms with van der Waals surface area (Å²) < 4.78 is 40.3. The third-order valence-electron chi connectivity index (χ3n) is 4.51. The van der Waals surface area contributed by atoms with E-state index < -0.39 is 11.7 Å². The van der Waals surface area contributed by atoms with E-state index in [1.54, 1.807) is 6.07 Å². The van der Waals surface area contributed by atoms with Gasteiger partial charge in [0.1, 0.15) is 5.65 Å². The van der Waals surface area contributed by atoms with Crippen LogP contribution in [-0.4, -0.2) is 9.55 Å². The standard InChI is InChI=1S/C16H16F3N3/c1-9(2)14-5-13-4-10-3-12(16(17,18)19)7-21-15(10)22(13)8-11(14)6-20/h3-4,7,9,11,14H,5,8H2,1-2H3. The van der Waals surface area contributed by atoms with Gasteiger partial charge in [-0.25, -0.2) is 4.98 Å². The number of hydrogen-bond donors (Lipinski definition) is 0. The van der Waals surface area contributed by atoms with Crippen LogP contribution in [0.4, 0.5) is 13.2 Å². The number of aromatic nitrogens is 2. The molecule has 0 saturated heterocycles. The Kier molecular flexibility index (Phi) is 3.39. The van der Waals surface area contributed by atoms with Gasteiger partial charge >= 0.3 is 6.18 Å². The summed E-state index contributed by atoms with van der Waals surface area (Å²) >= 11 is 0. The Morgan fingerprint density at radius 3 is 2.68 bits per heavy atom. The number of nitriles is 1. The molecule has 0 aliphatic carbocycles. The SMILES string of the molecule is CC(C)C1Cc2cc3cc(C(F)(F)F)cnc3n2CC1C#N. The molecule has 3 rings (SSSR count). The summed E-state index contributed by atoms with van der Waals surface area (Å²) in [6, 6.07) is 5.25. The first-order valence-electron chi connectivity index (χ1n) is 7.26. The summed E-state index contributed by atoms with van der Waals surface area (Å²) in [5.41, 5.74) is 0.762. The number of fused-ring (bicyclic) bond motifs is 3. The molecule has 2 aromatic heterocycles. The molecule has 0 aromatic carbocycles. The highest BCUT2D eigenvalue weighted by molar-refractivity contribution is 5.78. The van der Waals surface area contributed by atoms with Crippen LogP contribution in [0.5, 0.6) is 0 Å². The van der Waals surface area contributed by atoms with Gasteiger partial charge in [0.05, 0.1) is 17.6 Å². The van der Waals surface area contributed by atoms with Gasteiger partial charge in [0.15, 0.2) is 0 Å². The minimum Gasteiger partial charge on any atom is -0.328 e. The largest absolute Gasteiger partial charge is 0.417 e. The smallest absolute Gasteiger partial charge is 0.328 e. The molecule has 2 unspecified atom stereocenters. The fourth-order valence-corrected chi connectivity index (χ4v) is 3.28. The van der Waals surface area contributed by atoms with Gasteiger partial charge in [-0.05, 0) is 30.4 Å². The van der Waals surface area contributed by atoms with Crippen molar-refractivity contribution < 1.29 is 13.2 Å². The van der Waals surface area contributed by atoms with Gasteiger partial charge < -0.3 is 4.57 Å². The summed E-state index contributed by atoms with van der Waals surface area (Å²) in [6.07, 6.45) is -2.82. The molecule has 1 aliphatic heterocycles. The molecule has 1 aliphatic rings. The van der Waals surface area contributed by atoms with Crippen LogP contribution in [0.25, 0.3) is 11.0 Å². The summed E-state index contributed by atoms with van der Waals surface area (Å²) in [6.45, 7) is 4.65. The van der Waals surface area contributed by atoms with Gasteiger partial charge in [0.25, 0.3) is 0 Å². The van der Waals surface area contributed by atoms with E-state index in [2.05, 4.69) is 24.9 Å². The number of halogens is 3. The normalized spacial score (nSPS) is 21.9. The third-order valence-corrected chi connectivity index (χ3v) is 4.51. The lowest BCUT2D eigenvalue weighted by Crippen LogP contribution is -2.31. The molecule has 3 heterocycles. The van der Waals surface area contributed by atoms with Gasteiger partial charge in [0.2, 0.25) is 0 Å². The van der Waals surface area contributed by atoms with Crippen molar-refractivity contribution in [1.29, 1.82) is 5.26 Å². The number of pyridine rings is 1. The number of rotatable bonds is 1. The fourth-order valence-electron chi connectivity index (χ4n) is 3.28. The Balaban J connectivity index is 2.09. The lowest BCUT2D eigenvalue weighted by Gasteiger charge is -2.31. The molecule has 2 atom stereocenters. The quantitative estimate of drug-likeness (QED) is 0.798. The molecule has 116 valence electrons. The maximum Gasteiger partial charge on any atom is 0.417 e. The molecule has 0 bridgehead atoms. The summed E-state index contributed by atoms with van der Waals surface area (Å²) in [5, 5.41) is 9.86. The maximum atomic E-state index is 12.8. The van der Waals surface area contributed by atoms with Crippen LogP contribution in [0.15, 0.2) is 18.3 Å². The molecule has 0 fully saturated rings. The molecule has 6 heteroatoms. The van der Waals surface area contributed by atoms with Crippen LogP contribution in [0, 0.1) is 29.1 Å². The van der Waals surface area contributed by atoms with Gasteiger partial charge in [-0.3, -0.25) is 0 Å². The Morgan fingerprint density at radius 1 is 1.36 bits per heavy atom. The third kappa shape index (κ3) is 2.35. The van der Waals surface area contributed by atoms with Crippen molar-refractivity contribution in [3.8, 4) is 6.07 Å². The highest BCUT2D eigenvalue weighted by atomic mass is 19.4. The van der Waals surface area contributed by atoms with Crippen LogP contribution in [0.1, 0.15) is 25.1 Å². The van der Waals surface area contributed by atoms with Crippen molar-refractivity contribution >= 4 is 11.0 Å². The molecule has 2 aromatic rings. The molecule has 0 spiro atoms. The van der Waals surface area contributed by atoms with E-state index >= 15 is 0 Å². The molecular weight excluding hydrogens is 291 g/mol. The van der Waals surface area contributed by atoms with Crippen molar-refractivity contribution in [2.75, 3.05) is 0 Å². The van der Waals surface area contributed by atoms with Gasteiger partial charge in [-0.2, -0.15) is 18.4 Å². The average molecular weight is 307 g/mol. The van der Waals surface area contributed by atoms with Crippen LogP contribution >= 0.6 is 0 Å². The first-order valence-corrected chi connectivity index (χ1v) is 7.26. The lowest BCUT2D eigenvalue weighted by atomic mass is 9.79. The van der Waals surface area contributed by atoms with Crippen LogP contribution in [-0.2, 0) is 19.1 Å². The van der Waals surface area contributed by atoms with E-state index in [0.717, 1.165) is 18.0 Å². The Hall–Kier alpha value is -2.03. The van der Waals surface area contributed by atoms with E-state index in [-0.39, 0.29) is 11.8 Å². The van der Waals surface area contributed by atoms with Crippen molar-refractivity contribution in [2.45, 2.75) is 33.0 Å². The zero-order chi connectivity index (χ0) is 16.1. The van der Waals surface area contributed by atoms with E-state index in [0.29, 0.717) is 29.9 Å². The Labute approximate surface area is 126 Å². The first-order chi connectivity index (χ1) is 10.3. The molecular formula is C16H16F3N3. The predicted molar refractivity (Wildman–Crippen MR) is 75.9 cm³/mol. The molecule has 3 nitrogen and oxygen atoms in total. The zero-order valence-electron chi connectivity index (χ0n) is 12.4. The molecule has 0 saturated carbocycles. The average Bonchev–Trinajstić information content (AvgIpc) is 2.81. The molecule has 0 N–H and O–H groups in total. The van der Waals surface area contributed by atoms with Crippen molar-refractivity contribution in [1.82, 2.24) is 9.55 Å².